The van der Waals surface area contributed by atoms with E-state index < -0.39 is 5.91 Å². The van der Waals surface area contributed by atoms with E-state index in [1.165, 1.54) is 12.3 Å². The van der Waals surface area contributed by atoms with E-state index in [0.29, 0.717) is 11.5 Å². The van der Waals surface area contributed by atoms with Gasteiger partial charge in [-0.2, -0.15) is 0 Å². The molecule has 0 saturated heterocycles. The number of fused-ring (bicyclic) bond motifs is 1. The van der Waals surface area contributed by atoms with Crippen LogP contribution in [0.2, 0.25) is 0 Å². The molecule has 0 fully saturated rings. The average molecular weight is 204 g/mol. The smallest absolute Gasteiger partial charge is 0.318 e. The van der Waals surface area contributed by atoms with Gasteiger partial charge in [-0.3, -0.25) is 4.79 Å². The van der Waals surface area contributed by atoms with E-state index in [2.05, 4.69) is 20.5 Å². The van der Waals surface area contributed by atoms with Crippen molar-refractivity contribution in [3.63, 3.8) is 0 Å². The van der Waals surface area contributed by atoms with Gasteiger partial charge in [0, 0.05) is 30.6 Å². The summed E-state index contributed by atoms with van der Waals surface area (Å²) in [6.45, 7) is 0.727. The largest absolute Gasteiger partial charge is 0.382 e. The third-order valence-electron chi connectivity index (χ3n) is 2.00. The number of amides is 1. The van der Waals surface area contributed by atoms with Crippen LogP contribution in [-0.4, -0.2) is 23.7 Å². The number of nitrogens with one attached hydrogen (secondary N) is 1. The van der Waals surface area contributed by atoms with Crippen molar-refractivity contribution in [2.24, 2.45) is 10.2 Å². The van der Waals surface area contributed by atoms with Crippen LogP contribution in [0.15, 0.2) is 22.4 Å². The number of nitroso groups, excluding NO2 is 1. The van der Waals surface area contributed by atoms with Crippen molar-refractivity contribution in [1.29, 1.82) is 0 Å². The highest BCUT2D eigenvalue weighted by atomic mass is 16.3. The maximum absolute atomic E-state index is 11.0. The summed E-state index contributed by atoms with van der Waals surface area (Å²) in [5, 5.41) is 5.40. The van der Waals surface area contributed by atoms with Gasteiger partial charge in [0.2, 0.25) is 0 Å². The highest BCUT2D eigenvalue weighted by Crippen LogP contribution is 2.24. The Labute approximate surface area is 85.4 Å². The summed E-state index contributed by atoms with van der Waals surface area (Å²) in [7, 11) is 0. The van der Waals surface area contributed by atoms with Gasteiger partial charge < -0.3 is 5.32 Å². The Hall–Kier alpha value is -2.11. The summed E-state index contributed by atoms with van der Waals surface area (Å²) in [6, 6.07) is 1.54. The molecule has 6 heteroatoms. The molecular weight excluding hydrogens is 196 g/mol. The minimum absolute atomic E-state index is 0.174. The van der Waals surface area contributed by atoms with Crippen LogP contribution in [0.25, 0.3) is 0 Å². The zero-order valence-electron chi connectivity index (χ0n) is 7.80. The number of hydrogen-bond donors (Lipinski definition) is 1. The summed E-state index contributed by atoms with van der Waals surface area (Å²) < 4.78 is 0. The molecule has 0 spiro atoms. The Morgan fingerprint density at radius 2 is 2.40 bits per heavy atom. The Kier molecular flexibility index (Phi) is 2.49. The topological polar surface area (TPSA) is 83.8 Å². The van der Waals surface area contributed by atoms with Gasteiger partial charge >= 0.3 is 5.91 Å². The summed E-state index contributed by atoms with van der Waals surface area (Å²) in [6.07, 6.45) is 3.85. The van der Waals surface area contributed by atoms with Crippen LogP contribution in [0.3, 0.4) is 0 Å². The van der Waals surface area contributed by atoms with Gasteiger partial charge in [0.05, 0.1) is 11.3 Å². The van der Waals surface area contributed by atoms with Crippen LogP contribution in [0.1, 0.15) is 16.8 Å². The zero-order chi connectivity index (χ0) is 10.7. The Morgan fingerprint density at radius 1 is 1.53 bits per heavy atom. The van der Waals surface area contributed by atoms with E-state index in [4.69, 9.17) is 0 Å². The minimum Gasteiger partial charge on any atom is -0.382 e. The maximum atomic E-state index is 11.0. The van der Waals surface area contributed by atoms with E-state index in [1.54, 1.807) is 6.21 Å². The predicted octanol–water partition coefficient (Wildman–Crippen LogP) is 1.51. The molecule has 1 amide bonds. The summed E-state index contributed by atoms with van der Waals surface area (Å²) >= 11 is 0. The first-order chi connectivity index (χ1) is 7.31. The van der Waals surface area contributed by atoms with Crippen LogP contribution in [0, 0.1) is 4.91 Å². The van der Waals surface area contributed by atoms with Crippen molar-refractivity contribution in [2.75, 3.05) is 11.9 Å². The third-order valence-corrected chi connectivity index (χ3v) is 2.00. The number of nitrogens with zero attached hydrogens (tertiary/aromatic N) is 3. The molecule has 2 heterocycles. The highest BCUT2D eigenvalue weighted by Gasteiger charge is 2.11. The minimum atomic E-state index is -0.819. The van der Waals surface area contributed by atoms with Crippen molar-refractivity contribution < 1.29 is 4.79 Å². The lowest BCUT2D eigenvalue weighted by atomic mass is 10.2. The molecule has 0 bridgehead atoms. The number of hydrogen-bond acceptors (Lipinski definition) is 5. The Bertz CT molecular complexity index is 442. The standard InChI is InChI=1S/C9H8N4O2/c14-9(13-15)6-4-7-8(12-5-6)11-3-1-2-10-7/h3-5,10H,1-2H2. The first kappa shape index (κ1) is 9.45. The molecule has 0 atom stereocenters. The fraction of sp³-hybridized carbons (Fsp3) is 0.222. The number of anilines is 1. The Morgan fingerprint density at radius 3 is 3.20 bits per heavy atom. The molecule has 0 radical (unpaired) electrons. The quantitative estimate of drug-likeness (QED) is 0.702. The molecule has 2 rings (SSSR count). The van der Waals surface area contributed by atoms with Crippen LogP contribution < -0.4 is 5.32 Å². The second-order valence-corrected chi connectivity index (χ2v) is 3.02. The van der Waals surface area contributed by atoms with Crippen molar-refractivity contribution in [1.82, 2.24) is 4.98 Å². The van der Waals surface area contributed by atoms with Crippen LogP contribution in [-0.2, 0) is 0 Å². The number of pyridine rings is 1. The molecule has 1 aromatic heterocycles. The lowest BCUT2D eigenvalue weighted by Gasteiger charge is -2.04. The van der Waals surface area contributed by atoms with Gasteiger partial charge in [-0.15, -0.1) is 4.91 Å². The van der Waals surface area contributed by atoms with Gasteiger partial charge in [0.15, 0.2) is 5.82 Å². The average Bonchev–Trinajstić information content (AvgIpc) is 2.51. The second kappa shape index (κ2) is 3.95. The first-order valence-corrected chi connectivity index (χ1v) is 4.45. The van der Waals surface area contributed by atoms with E-state index in [1.807, 2.05) is 0 Å². The van der Waals surface area contributed by atoms with Gasteiger partial charge in [0.1, 0.15) is 0 Å². The number of carbonyl (C=O) groups excluding carboxylic acids is 1. The molecule has 1 aromatic rings. The molecular formula is C9H8N4O2. The molecule has 1 N–H and O–H groups in total. The molecule has 76 valence electrons. The fourth-order valence-electron chi connectivity index (χ4n) is 1.28. The summed E-state index contributed by atoms with van der Waals surface area (Å²) in [5.74, 6) is -0.296. The van der Waals surface area contributed by atoms with E-state index >= 15 is 0 Å². The Balaban J connectivity index is 2.41. The lowest BCUT2D eigenvalue weighted by molar-refractivity contribution is 0.100. The molecule has 0 saturated carbocycles. The summed E-state index contributed by atoms with van der Waals surface area (Å²) in [5.41, 5.74) is 0.826. The van der Waals surface area contributed by atoms with Gasteiger partial charge in [-0.1, -0.05) is 0 Å². The SMILES string of the molecule is O=NC(=O)c1cnc2c(c1)NCCC=N2. The highest BCUT2D eigenvalue weighted by molar-refractivity contribution is 5.96. The summed E-state index contributed by atoms with van der Waals surface area (Å²) in [4.78, 5) is 29.1. The van der Waals surface area contributed by atoms with E-state index in [-0.39, 0.29) is 5.56 Å². The molecule has 6 nitrogen and oxygen atoms in total. The first-order valence-electron chi connectivity index (χ1n) is 4.45. The molecule has 0 aliphatic carbocycles. The molecule has 0 aromatic carbocycles. The number of aromatic nitrogens is 1. The van der Waals surface area contributed by atoms with Crippen LogP contribution in [0.5, 0.6) is 0 Å². The predicted molar refractivity (Wildman–Crippen MR) is 55.6 cm³/mol. The van der Waals surface area contributed by atoms with Crippen molar-refractivity contribution in [2.45, 2.75) is 6.42 Å². The van der Waals surface area contributed by atoms with E-state index in [0.717, 1.165) is 13.0 Å². The van der Waals surface area contributed by atoms with Crippen LogP contribution >= 0.6 is 0 Å². The van der Waals surface area contributed by atoms with Crippen LogP contribution in [0.4, 0.5) is 11.5 Å². The normalized spacial score (nSPS) is 13.6. The monoisotopic (exact) mass is 204 g/mol. The number of carbonyl (C=O) groups is 1. The van der Waals surface area contributed by atoms with Crippen molar-refractivity contribution >= 4 is 23.6 Å². The zero-order valence-corrected chi connectivity index (χ0v) is 7.80. The second-order valence-electron chi connectivity index (χ2n) is 3.02. The maximum Gasteiger partial charge on any atom is 0.318 e. The number of aliphatic imine (C=N–C) groups is 1. The third kappa shape index (κ3) is 1.88. The van der Waals surface area contributed by atoms with E-state index in [9.17, 15) is 9.70 Å². The van der Waals surface area contributed by atoms with Crippen molar-refractivity contribution in [3.05, 3.63) is 22.7 Å². The van der Waals surface area contributed by atoms with Crippen molar-refractivity contribution in [3.8, 4) is 0 Å². The van der Waals surface area contributed by atoms with Gasteiger partial charge in [0.25, 0.3) is 0 Å². The lowest BCUT2D eigenvalue weighted by Crippen LogP contribution is -2.02. The molecule has 0 unspecified atom stereocenters. The number of rotatable bonds is 1. The molecule has 15 heavy (non-hydrogen) atoms. The fourth-order valence-corrected chi connectivity index (χ4v) is 1.28. The molecule has 1 aliphatic rings. The van der Waals surface area contributed by atoms with Gasteiger partial charge in [-0.25, -0.2) is 9.98 Å². The molecule has 1 aliphatic heterocycles. The van der Waals surface area contributed by atoms with Gasteiger partial charge in [-0.05, 0) is 6.07 Å².